The number of fused-ring (bicyclic) bond motifs is 1. The fraction of sp³-hybridized carbons (Fsp3) is 0.240. The van der Waals surface area contributed by atoms with Crippen LogP contribution in [0.2, 0.25) is 5.02 Å². The molecule has 1 aromatic heterocycles. The number of hydrogen-bond acceptors (Lipinski definition) is 5. The zero-order chi connectivity index (χ0) is 28.6. The third-order valence-electron chi connectivity index (χ3n) is 5.13. The summed E-state index contributed by atoms with van der Waals surface area (Å²) < 4.78 is 61.8. The molecule has 0 spiro atoms. The van der Waals surface area contributed by atoms with E-state index in [4.69, 9.17) is 19.8 Å². The van der Waals surface area contributed by atoms with Gasteiger partial charge < -0.3 is 15.5 Å². The molecule has 0 aliphatic carbocycles. The van der Waals surface area contributed by atoms with E-state index in [1.54, 1.807) is 6.07 Å². The number of anilines is 3. The summed E-state index contributed by atoms with van der Waals surface area (Å²) in [6, 6.07) is 7.51. The molecule has 168 valence electrons. The normalized spacial score (nSPS) is 21.4. The van der Waals surface area contributed by atoms with E-state index < -0.39 is 31.0 Å². The molecule has 1 aliphatic heterocycles. The zero-order valence-electron chi connectivity index (χ0n) is 23.4. The summed E-state index contributed by atoms with van der Waals surface area (Å²) in [5, 5.41) is 5.85. The Bertz CT molecular complexity index is 1520. The van der Waals surface area contributed by atoms with Gasteiger partial charge in [0.25, 0.3) is 0 Å². The summed E-state index contributed by atoms with van der Waals surface area (Å²) in [5.74, 6) is 4.66. The Morgan fingerprint density at radius 1 is 1.39 bits per heavy atom. The molecule has 2 N–H and O–H groups in total. The first-order valence-electron chi connectivity index (χ1n) is 13.0. The number of likely N-dealkylation sites (tertiary alicyclic amines) is 1. The largest absolute Gasteiger partial charge is 0.337 e. The van der Waals surface area contributed by atoms with Crippen molar-refractivity contribution in [3.8, 4) is 11.8 Å². The molecule has 4 rings (SSSR count). The van der Waals surface area contributed by atoms with E-state index in [1.165, 1.54) is 30.6 Å². The summed E-state index contributed by atoms with van der Waals surface area (Å²) >= 11 is 5.89. The second kappa shape index (κ2) is 9.18. The third-order valence-corrected chi connectivity index (χ3v) is 5.42. The molecule has 33 heavy (non-hydrogen) atoms. The maximum Gasteiger partial charge on any atom is 0.247 e. The van der Waals surface area contributed by atoms with E-state index in [9.17, 15) is 9.18 Å². The van der Waals surface area contributed by atoms with E-state index >= 15 is 0 Å². The standard InChI is InChI=1S/C25H23ClFN5O/c1-4-22(33)30-20-13-17-21(12-16(20)8-9-25(2)10-11-32(3)14-25)28-15-29-24(17)31-19-7-5-6-18(26)23(19)27/h4-7,12-13,15H,1,10-11,14H2,2-3H3,(H,30,33)(H,28,29,31)/i2D3,3D3. The lowest BCUT2D eigenvalue weighted by Crippen LogP contribution is -2.20. The summed E-state index contributed by atoms with van der Waals surface area (Å²) in [6.07, 6.45) is 2.33. The van der Waals surface area contributed by atoms with Gasteiger partial charge in [-0.15, -0.1) is 0 Å². The molecule has 1 atom stereocenters. The lowest BCUT2D eigenvalue weighted by atomic mass is 9.90. The minimum absolute atomic E-state index is 0.0261. The Labute approximate surface area is 205 Å². The highest BCUT2D eigenvalue weighted by Crippen LogP contribution is 2.32. The molecule has 1 unspecified atom stereocenters. The number of carbonyl (C=O) groups is 1. The molecular weight excluding hydrogens is 441 g/mol. The van der Waals surface area contributed by atoms with Crippen LogP contribution < -0.4 is 10.6 Å². The van der Waals surface area contributed by atoms with Gasteiger partial charge in [0.05, 0.1) is 27.5 Å². The van der Waals surface area contributed by atoms with Gasteiger partial charge in [0.15, 0.2) is 5.82 Å². The molecule has 8 heteroatoms. The fourth-order valence-electron chi connectivity index (χ4n) is 3.42. The number of rotatable bonds is 4. The van der Waals surface area contributed by atoms with E-state index in [-0.39, 0.29) is 47.3 Å². The van der Waals surface area contributed by atoms with Crippen LogP contribution in [0.3, 0.4) is 0 Å². The highest BCUT2D eigenvalue weighted by atomic mass is 35.5. The molecule has 0 radical (unpaired) electrons. The van der Waals surface area contributed by atoms with Crippen LogP contribution in [0.15, 0.2) is 49.3 Å². The topological polar surface area (TPSA) is 70.2 Å². The third kappa shape index (κ3) is 4.98. The van der Waals surface area contributed by atoms with Crippen molar-refractivity contribution >= 4 is 45.6 Å². The Kier molecular flexibility index (Phi) is 4.50. The van der Waals surface area contributed by atoms with Crippen LogP contribution in [0.1, 0.15) is 27.1 Å². The molecule has 3 aromatic rings. The summed E-state index contributed by atoms with van der Waals surface area (Å²) in [7, 11) is 0. The van der Waals surface area contributed by atoms with Crippen molar-refractivity contribution in [3.05, 3.63) is 65.7 Å². The summed E-state index contributed by atoms with van der Waals surface area (Å²) in [6.45, 7) is -1.79. The van der Waals surface area contributed by atoms with Crippen molar-refractivity contribution in [2.24, 2.45) is 5.41 Å². The zero-order valence-corrected chi connectivity index (χ0v) is 18.1. The maximum atomic E-state index is 14.5. The fourth-order valence-corrected chi connectivity index (χ4v) is 3.59. The van der Waals surface area contributed by atoms with Gasteiger partial charge in [0.1, 0.15) is 12.1 Å². The van der Waals surface area contributed by atoms with Gasteiger partial charge >= 0.3 is 0 Å². The molecule has 1 fully saturated rings. The van der Waals surface area contributed by atoms with Crippen molar-refractivity contribution in [2.45, 2.75) is 13.3 Å². The van der Waals surface area contributed by atoms with Crippen LogP contribution in [0.4, 0.5) is 21.6 Å². The lowest BCUT2D eigenvalue weighted by molar-refractivity contribution is -0.111. The monoisotopic (exact) mass is 469 g/mol. The van der Waals surface area contributed by atoms with Gasteiger partial charge in [-0.1, -0.05) is 36.1 Å². The minimum atomic E-state index is -2.57. The highest BCUT2D eigenvalue weighted by Gasteiger charge is 2.30. The second-order valence-electron chi connectivity index (χ2n) is 7.56. The number of benzene rings is 2. The van der Waals surface area contributed by atoms with Crippen LogP contribution in [0.25, 0.3) is 10.9 Å². The number of nitrogens with one attached hydrogen (secondary N) is 2. The van der Waals surface area contributed by atoms with Crippen LogP contribution in [0.5, 0.6) is 0 Å². The lowest BCUT2D eigenvalue weighted by Gasteiger charge is -2.16. The van der Waals surface area contributed by atoms with Crippen molar-refractivity contribution in [2.75, 3.05) is 30.7 Å². The van der Waals surface area contributed by atoms with E-state index in [1.807, 2.05) is 0 Å². The minimum Gasteiger partial charge on any atom is -0.337 e. The quantitative estimate of drug-likeness (QED) is 0.416. The maximum absolute atomic E-state index is 14.5. The van der Waals surface area contributed by atoms with Crippen LogP contribution in [0, 0.1) is 23.1 Å². The summed E-state index contributed by atoms with van der Waals surface area (Å²) in [4.78, 5) is 21.8. The van der Waals surface area contributed by atoms with Crippen molar-refractivity contribution in [1.29, 1.82) is 0 Å². The van der Waals surface area contributed by atoms with Gasteiger partial charge in [-0.05, 0) is 57.1 Å². The van der Waals surface area contributed by atoms with E-state index in [2.05, 4.69) is 39.0 Å². The number of amides is 1. The molecule has 1 saturated heterocycles. The average Bonchev–Trinajstić information content (AvgIpc) is 3.32. The SMILES string of the molecule is [2H]C([2H])([2H])N1CCC(C#Cc2cc3ncnc(Nc4cccc(Cl)c4F)c3cc2NC(=O)C=C)(C([2H])([2H])[2H])C1. The van der Waals surface area contributed by atoms with Gasteiger partial charge in [-0.25, -0.2) is 14.4 Å². The van der Waals surface area contributed by atoms with Crippen LogP contribution in [-0.4, -0.2) is 40.8 Å². The first kappa shape index (κ1) is 16.2. The Morgan fingerprint density at radius 3 is 3.03 bits per heavy atom. The molecule has 2 aromatic carbocycles. The molecule has 6 nitrogen and oxygen atoms in total. The number of carbonyl (C=O) groups excluding carboxylic acids is 1. The summed E-state index contributed by atoms with van der Waals surface area (Å²) in [5.41, 5.74) is -0.710. The van der Waals surface area contributed by atoms with Crippen LogP contribution in [-0.2, 0) is 4.79 Å². The van der Waals surface area contributed by atoms with Crippen molar-refractivity contribution in [3.63, 3.8) is 0 Å². The van der Waals surface area contributed by atoms with Gasteiger partial charge in [0, 0.05) is 25.6 Å². The Balaban J connectivity index is 1.82. The highest BCUT2D eigenvalue weighted by molar-refractivity contribution is 6.31. The van der Waals surface area contributed by atoms with Crippen molar-refractivity contribution < 1.29 is 17.4 Å². The number of hydrogen-bond donors (Lipinski definition) is 2. The molecule has 1 aliphatic rings. The average molecular weight is 470 g/mol. The molecule has 0 saturated carbocycles. The van der Waals surface area contributed by atoms with Gasteiger partial charge in [0.2, 0.25) is 5.91 Å². The number of aromatic nitrogens is 2. The van der Waals surface area contributed by atoms with E-state index in [0.29, 0.717) is 10.9 Å². The molecular formula is C25H23ClFN5O. The Morgan fingerprint density at radius 2 is 2.27 bits per heavy atom. The predicted molar refractivity (Wildman–Crippen MR) is 130 cm³/mol. The first-order valence-corrected chi connectivity index (χ1v) is 10.3. The molecule has 0 bridgehead atoms. The Hall–Kier alpha value is -3.47. The molecule has 2 heterocycles. The van der Waals surface area contributed by atoms with Gasteiger partial charge in [-0.3, -0.25) is 4.79 Å². The van der Waals surface area contributed by atoms with E-state index in [0.717, 1.165) is 11.0 Å². The smallest absolute Gasteiger partial charge is 0.247 e. The molecule has 1 amide bonds. The van der Waals surface area contributed by atoms with Crippen molar-refractivity contribution in [1.82, 2.24) is 14.9 Å². The number of halogens is 2. The first-order chi connectivity index (χ1) is 18.2. The number of nitrogens with zero attached hydrogens (tertiary/aromatic N) is 3. The van der Waals surface area contributed by atoms with Gasteiger partial charge in [-0.2, -0.15) is 0 Å². The second-order valence-corrected chi connectivity index (χ2v) is 7.97. The van der Waals surface area contributed by atoms with Crippen LogP contribution >= 0.6 is 11.6 Å². The predicted octanol–water partition coefficient (Wildman–Crippen LogP) is 4.98.